The van der Waals surface area contributed by atoms with Crippen LogP contribution in [0.5, 0.6) is 0 Å². The number of carbonyl (C=O) groups is 1. The minimum atomic E-state index is -0.771. The van der Waals surface area contributed by atoms with Crippen LogP contribution in [0.4, 0.5) is 0 Å². The second kappa shape index (κ2) is 6.36. The lowest BCUT2D eigenvalue weighted by molar-refractivity contribution is -0.118. The topological polar surface area (TPSA) is 62.5 Å². The van der Waals surface area contributed by atoms with E-state index in [4.69, 9.17) is 4.42 Å². The van der Waals surface area contributed by atoms with Gasteiger partial charge in [-0.3, -0.25) is 4.79 Å². The van der Waals surface area contributed by atoms with Crippen molar-refractivity contribution in [2.75, 3.05) is 6.54 Å². The van der Waals surface area contributed by atoms with Crippen LogP contribution in [0.3, 0.4) is 0 Å². The molecule has 1 saturated carbocycles. The molecule has 4 nitrogen and oxygen atoms in total. The third-order valence-corrected chi connectivity index (χ3v) is 4.55. The zero-order valence-electron chi connectivity index (χ0n) is 12.5. The van der Waals surface area contributed by atoms with Crippen LogP contribution in [0.2, 0.25) is 0 Å². The van der Waals surface area contributed by atoms with Crippen LogP contribution in [0.25, 0.3) is 6.08 Å². The molecule has 21 heavy (non-hydrogen) atoms. The number of furan rings is 1. The predicted molar refractivity (Wildman–Crippen MR) is 85.7 cm³/mol. The summed E-state index contributed by atoms with van der Waals surface area (Å²) in [6.07, 6.45) is 6.45. The first-order chi connectivity index (χ1) is 9.78. The molecule has 1 aromatic rings. The Hall–Kier alpha value is -1.07. The molecule has 0 aliphatic heterocycles. The average molecular weight is 356 g/mol. The molecule has 0 bridgehead atoms. The lowest BCUT2D eigenvalue weighted by Crippen LogP contribution is -2.46. The SMILES string of the molecule is CC1(C)CCC(O)(CNC(=O)C=Cc2ccc(Br)o2)CC1. The van der Waals surface area contributed by atoms with Crippen molar-refractivity contribution in [3.8, 4) is 0 Å². The summed E-state index contributed by atoms with van der Waals surface area (Å²) in [5.41, 5.74) is -0.477. The van der Waals surface area contributed by atoms with Gasteiger partial charge in [-0.2, -0.15) is 0 Å². The standard InChI is InChI=1S/C16H22BrNO3/c1-15(2)7-9-16(20,10-8-15)11-18-14(19)6-4-12-3-5-13(17)21-12/h3-6,20H,7-11H2,1-2H3,(H,18,19). The summed E-state index contributed by atoms with van der Waals surface area (Å²) in [4.78, 5) is 11.8. The molecule has 1 aliphatic carbocycles. The molecule has 0 saturated heterocycles. The van der Waals surface area contributed by atoms with Crippen LogP contribution in [0, 0.1) is 5.41 Å². The molecular formula is C16H22BrNO3. The van der Waals surface area contributed by atoms with E-state index in [2.05, 4.69) is 35.1 Å². The van der Waals surface area contributed by atoms with Crippen molar-refractivity contribution in [3.05, 3.63) is 28.6 Å². The van der Waals surface area contributed by atoms with Crippen LogP contribution in [-0.4, -0.2) is 23.2 Å². The second-order valence-electron chi connectivity index (χ2n) is 6.58. The van der Waals surface area contributed by atoms with Gasteiger partial charge in [0.1, 0.15) is 5.76 Å². The van der Waals surface area contributed by atoms with E-state index in [1.807, 2.05) is 0 Å². The summed E-state index contributed by atoms with van der Waals surface area (Å²) in [5.74, 6) is 0.385. The number of halogens is 1. The first-order valence-electron chi connectivity index (χ1n) is 7.22. The van der Waals surface area contributed by atoms with Gasteiger partial charge in [-0.1, -0.05) is 13.8 Å². The third kappa shape index (κ3) is 5.00. The Morgan fingerprint density at radius 1 is 1.38 bits per heavy atom. The fourth-order valence-corrected chi connectivity index (χ4v) is 2.77. The fourth-order valence-electron chi connectivity index (χ4n) is 2.46. The summed E-state index contributed by atoms with van der Waals surface area (Å²) in [5, 5.41) is 13.2. The number of carbonyl (C=O) groups excluding carboxylic acids is 1. The molecule has 2 rings (SSSR count). The molecule has 0 unspecified atom stereocenters. The number of hydrogen-bond acceptors (Lipinski definition) is 3. The minimum Gasteiger partial charge on any atom is -0.450 e. The van der Waals surface area contributed by atoms with E-state index >= 15 is 0 Å². The van der Waals surface area contributed by atoms with Gasteiger partial charge in [0.25, 0.3) is 0 Å². The predicted octanol–water partition coefficient (Wildman–Crippen LogP) is 3.50. The van der Waals surface area contributed by atoms with Crippen LogP contribution >= 0.6 is 15.9 Å². The molecule has 1 aliphatic rings. The fraction of sp³-hybridized carbons (Fsp3) is 0.562. The molecular weight excluding hydrogens is 334 g/mol. The number of rotatable bonds is 4. The van der Waals surface area contributed by atoms with E-state index in [1.165, 1.54) is 6.08 Å². The molecule has 1 aromatic heterocycles. The highest BCUT2D eigenvalue weighted by atomic mass is 79.9. The Morgan fingerprint density at radius 3 is 2.62 bits per heavy atom. The Bertz CT molecular complexity index is 523. The van der Waals surface area contributed by atoms with Crippen molar-refractivity contribution in [2.24, 2.45) is 5.41 Å². The van der Waals surface area contributed by atoms with Gasteiger partial charge in [-0.05, 0) is 65.2 Å². The van der Waals surface area contributed by atoms with Gasteiger partial charge in [0, 0.05) is 12.6 Å². The van der Waals surface area contributed by atoms with Crippen molar-refractivity contribution < 1.29 is 14.3 Å². The maximum atomic E-state index is 11.8. The van der Waals surface area contributed by atoms with Crippen LogP contribution in [-0.2, 0) is 4.79 Å². The average Bonchev–Trinajstić information content (AvgIpc) is 2.84. The molecule has 5 heteroatoms. The highest BCUT2D eigenvalue weighted by Gasteiger charge is 2.36. The van der Waals surface area contributed by atoms with Crippen molar-refractivity contribution in [3.63, 3.8) is 0 Å². The quantitative estimate of drug-likeness (QED) is 0.812. The summed E-state index contributed by atoms with van der Waals surface area (Å²) < 4.78 is 5.90. The van der Waals surface area contributed by atoms with E-state index in [-0.39, 0.29) is 5.91 Å². The van der Waals surface area contributed by atoms with Crippen LogP contribution in [0.15, 0.2) is 27.3 Å². The highest BCUT2D eigenvalue weighted by Crippen LogP contribution is 2.39. The van der Waals surface area contributed by atoms with Gasteiger partial charge in [0.05, 0.1) is 5.60 Å². The van der Waals surface area contributed by atoms with Gasteiger partial charge >= 0.3 is 0 Å². The maximum absolute atomic E-state index is 11.8. The van der Waals surface area contributed by atoms with Gasteiger partial charge in [0.15, 0.2) is 4.67 Å². The van der Waals surface area contributed by atoms with Gasteiger partial charge in [0.2, 0.25) is 5.91 Å². The molecule has 1 fully saturated rings. The van der Waals surface area contributed by atoms with E-state index in [9.17, 15) is 9.90 Å². The van der Waals surface area contributed by atoms with E-state index in [0.717, 1.165) is 25.7 Å². The summed E-state index contributed by atoms with van der Waals surface area (Å²) in [6, 6.07) is 3.54. The summed E-state index contributed by atoms with van der Waals surface area (Å²) in [6.45, 7) is 4.74. The van der Waals surface area contributed by atoms with E-state index in [0.29, 0.717) is 22.4 Å². The van der Waals surface area contributed by atoms with Crippen LogP contribution in [0.1, 0.15) is 45.3 Å². The van der Waals surface area contributed by atoms with Crippen molar-refractivity contribution in [2.45, 2.75) is 45.1 Å². The van der Waals surface area contributed by atoms with E-state index < -0.39 is 5.60 Å². The minimum absolute atomic E-state index is 0.221. The lowest BCUT2D eigenvalue weighted by Gasteiger charge is -2.40. The summed E-state index contributed by atoms with van der Waals surface area (Å²) in [7, 11) is 0. The normalized spacial score (nSPS) is 20.6. The number of amides is 1. The number of aliphatic hydroxyl groups is 1. The van der Waals surface area contributed by atoms with Gasteiger partial charge < -0.3 is 14.8 Å². The second-order valence-corrected chi connectivity index (χ2v) is 7.36. The Morgan fingerprint density at radius 2 is 2.05 bits per heavy atom. The number of nitrogens with one attached hydrogen (secondary N) is 1. The Labute approximate surface area is 133 Å². The lowest BCUT2D eigenvalue weighted by atomic mass is 9.71. The smallest absolute Gasteiger partial charge is 0.244 e. The van der Waals surface area contributed by atoms with Crippen molar-refractivity contribution in [1.29, 1.82) is 0 Å². The molecule has 2 N–H and O–H groups in total. The Kier molecular flexibility index (Phi) is 4.94. The zero-order chi connectivity index (χ0) is 15.5. The highest BCUT2D eigenvalue weighted by molar-refractivity contribution is 9.10. The largest absolute Gasteiger partial charge is 0.450 e. The van der Waals surface area contributed by atoms with Crippen LogP contribution < -0.4 is 5.32 Å². The summed E-state index contributed by atoms with van der Waals surface area (Å²) >= 11 is 3.20. The molecule has 0 spiro atoms. The molecule has 0 radical (unpaired) electrons. The first-order valence-corrected chi connectivity index (χ1v) is 8.01. The number of hydrogen-bond donors (Lipinski definition) is 2. The molecule has 1 amide bonds. The van der Waals surface area contributed by atoms with Crippen molar-refractivity contribution in [1.82, 2.24) is 5.32 Å². The molecule has 116 valence electrons. The maximum Gasteiger partial charge on any atom is 0.244 e. The third-order valence-electron chi connectivity index (χ3n) is 4.12. The Balaban J connectivity index is 1.80. The first kappa shape index (κ1) is 16.3. The monoisotopic (exact) mass is 355 g/mol. The van der Waals surface area contributed by atoms with E-state index in [1.54, 1.807) is 18.2 Å². The van der Waals surface area contributed by atoms with Gasteiger partial charge in [-0.25, -0.2) is 0 Å². The zero-order valence-corrected chi connectivity index (χ0v) is 14.1. The van der Waals surface area contributed by atoms with Crippen molar-refractivity contribution >= 4 is 27.9 Å². The molecule has 0 aromatic carbocycles. The van der Waals surface area contributed by atoms with Gasteiger partial charge in [-0.15, -0.1) is 0 Å². The molecule has 1 heterocycles. The molecule has 0 atom stereocenters.